The predicted molar refractivity (Wildman–Crippen MR) is 93.9 cm³/mol. The molecular formula is C12H18BrN3S3. The first-order valence-corrected chi connectivity index (χ1v) is 10.8. The van der Waals surface area contributed by atoms with Crippen molar-refractivity contribution in [3.05, 3.63) is 22.7 Å². The summed E-state index contributed by atoms with van der Waals surface area (Å²) >= 11 is 13.0. The first kappa shape index (κ1) is 14.4. The molecule has 1 unspecified atom stereocenters. The predicted octanol–water partition coefficient (Wildman–Crippen LogP) is 4.05. The molecule has 1 saturated carbocycles. The topological polar surface area (TPSA) is 36.1 Å². The molecule has 3 N–H and O–H groups in total. The van der Waals surface area contributed by atoms with Gasteiger partial charge in [-0.05, 0) is 44.4 Å². The Kier molecular flexibility index (Phi) is 3.82. The van der Waals surface area contributed by atoms with Crippen molar-refractivity contribution in [3.8, 4) is 0 Å². The number of thiol groups is 2. The lowest BCUT2D eigenvalue weighted by molar-refractivity contribution is 0.188. The molecule has 0 radical (unpaired) electrons. The molecule has 0 spiro atoms. The first-order chi connectivity index (χ1) is 8.88. The van der Waals surface area contributed by atoms with Gasteiger partial charge in [0.1, 0.15) is 6.29 Å². The van der Waals surface area contributed by atoms with E-state index >= 15 is 0 Å². The van der Waals surface area contributed by atoms with E-state index in [9.17, 15) is 0 Å². The monoisotopic (exact) mass is 379 g/mol. The Morgan fingerprint density at radius 3 is 2.79 bits per heavy atom. The van der Waals surface area contributed by atoms with Gasteiger partial charge in [0.05, 0.1) is 5.69 Å². The zero-order chi connectivity index (χ0) is 13.7. The van der Waals surface area contributed by atoms with Crippen LogP contribution in [0.1, 0.15) is 26.2 Å². The Morgan fingerprint density at radius 2 is 2.16 bits per heavy atom. The largest absolute Gasteiger partial charge is 0.356 e. The lowest BCUT2D eigenvalue weighted by Gasteiger charge is -2.48. The molecule has 0 bridgehead atoms. The average molecular weight is 380 g/mol. The lowest BCUT2D eigenvalue weighted by atomic mass is 9.78. The van der Waals surface area contributed by atoms with E-state index in [0.29, 0.717) is 0 Å². The number of anilines is 1. The summed E-state index contributed by atoms with van der Waals surface area (Å²) in [5.41, 5.74) is 1.32. The smallest absolute Gasteiger partial charge is 0.142 e. The third kappa shape index (κ3) is 2.91. The standard InChI is InChI=1S/C12H18BrN3S3/c1-12(5-2-6-12)15-11-14-9-7-8(13)3-4-10(9)19(17,18)16-11/h3-4,7,11,14-18H,2,5-6H2,1H3. The normalized spacial score (nSPS) is 28.7. The van der Waals surface area contributed by atoms with Gasteiger partial charge in [0.2, 0.25) is 0 Å². The number of fused-ring (bicyclic) bond motifs is 1. The van der Waals surface area contributed by atoms with Crippen molar-refractivity contribution in [3.63, 3.8) is 0 Å². The summed E-state index contributed by atoms with van der Waals surface area (Å²) in [6, 6.07) is 6.18. The Morgan fingerprint density at radius 1 is 1.42 bits per heavy atom. The number of benzene rings is 1. The van der Waals surface area contributed by atoms with Crippen molar-refractivity contribution in [1.82, 2.24) is 10.0 Å². The molecule has 1 atom stereocenters. The molecule has 106 valence electrons. The summed E-state index contributed by atoms with van der Waals surface area (Å²) in [5.74, 6) is 0. The molecule has 0 aromatic heterocycles. The van der Waals surface area contributed by atoms with Crippen molar-refractivity contribution < 1.29 is 0 Å². The van der Waals surface area contributed by atoms with Gasteiger partial charge >= 0.3 is 0 Å². The van der Waals surface area contributed by atoms with Crippen LogP contribution in [0.2, 0.25) is 0 Å². The van der Waals surface area contributed by atoms with E-state index in [4.69, 9.17) is 23.3 Å². The van der Waals surface area contributed by atoms with Gasteiger partial charge in [0.25, 0.3) is 0 Å². The summed E-state index contributed by atoms with van der Waals surface area (Å²) in [7, 11) is -1.57. The molecule has 1 aromatic rings. The third-order valence-electron chi connectivity index (χ3n) is 3.78. The second-order valence-electron chi connectivity index (χ2n) is 5.44. The van der Waals surface area contributed by atoms with Gasteiger partial charge in [0.15, 0.2) is 0 Å². The number of hydrogen-bond acceptors (Lipinski definition) is 5. The molecule has 1 aliphatic heterocycles. The number of nitrogens with one attached hydrogen (secondary N) is 3. The van der Waals surface area contributed by atoms with E-state index in [2.05, 4.69) is 50.3 Å². The van der Waals surface area contributed by atoms with Crippen LogP contribution < -0.4 is 15.4 Å². The molecule has 1 aliphatic carbocycles. The van der Waals surface area contributed by atoms with Crippen LogP contribution in [0.5, 0.6) is 0 Å². The van der Waals surface area contributed by atoms with Crippen molar-refractivity contribution in [2.45, 2.75) is 42.9 Å². The minimum absolute atomic E-state index is 0.0112. The Hall–Kier alpha value is 0.470. The molecule has 0 amide bonds. The molecule has 1 aromatic carbocycles. The second kappa shape index (κ2) is 5.03. The van der Waals surface area contributed by atoms with Crippen LogP contribution >= 0.6 is 47.5 Å². The summed E-state index contributed by atoms with van der Waals surface area (Å²) in [6.07, 6.45) is 3.76. The summed E-state index contributed by atoms with van der Waals surface area (Å²) in [4.78, 5) is 1.12. The van der Waals surface area contributed by atoms with Crippen molar-refractivity contribution >= 4 is 53.2 Å². The van der Waals surface area contributed by atoms with Crippen molar-refractivity contribution in [2.75, 3.05) is 5.32 Å². The summed E-state index contributed by atoms with van der Waals surface area (Å²) in [6.45, 7) is 2.27. The van der Waals surface area contributed by atoms with Crippen LogP contribution in [0.15, 0.2) is 27.6 Å². The highest BCUT2D eigenvalue weighted by Crippen LogP contribution is 2.64. The molecule has 3 rings (SSSR count). The highest BCUT2D eigenvalue weighted by atomic mass is 79.9. The molecule has 3 nitrogen and oxygen atoms in total. The van der Waals surface area contributed by atoms with Crippen LogP contribution in [0.3, 0.4) is 0 Å². The maximum absolute atomic E-state index is 4.73. The summed E-state index contributed by atoms with van der Waals surface area (Å²) < 4.78 is 4.53. The summed E-state index contributed by atoms with van der Waals surface area (Å²) in [5, 5.41) is 7.12. The van der Waals surface area contributed by atoms with Gasteiger partial charge in [-0.25, -0.2) is 4.72 Å². The fourth-order valence-electron chi connectivity index (χ4n) is 2.54. The fraction of sp³-hybridized carbons (Fsp3) is 0.500. The fourth-order valence-corrected chi connectivity index (χ4v) is 5.75. The lowest BCUT2D eigenvalue weighted by Crippen LogP contribution is -2.60. The molecule has 19 heavy (non-hydrogen) atoms. The van der Waals surface area contributed by atoms with Crippen LogP contribution in [-0.4, -0.2) is 11.8 Å². The van der Waals surface area contributed by atoms with Crippen LogP contribution in [0.25, 0.3) is 0 Å². The van der Waals surface area contributed by atoms with Crippen LogP contribution in [-0.2, 0) is 0 Å². The number of rotatable bonds is 2. The minimum atomic E-state index is -1.57. The zero-order valence-corrected chi connectivity index (χ0v) is 14.8. The average Bonchev–Trinajstić information content (AvgIpc) is 2.25. The maximum atomic E-state index is 4.73. The van der Waals surface area contributed by atoms with E-state index in [0.717, 1.165) is 15.1 Å². The van der Waals surface area contributed by atoms with E-state index in [1.165, 1.54) is 19.3 Å². The molecule has 1 heterocycles. The molecule has 0 saturated heterocycles. The van der Waals surface area contributed by atoms with E-state index in [1.807, 2.05) is 6.07 Å². The van der Waals surface area contributed by atoms with Gasteiger partial charge in [-0.3, -0.25) is 5.32 Å². The highest BCUT2D eigenvalue weighted by molar-refractivity contribution is 9.17. The molecular weight excluding hydrogens is 362 g/mol. The molecule has 2 aliphatic rings. The SMILES string of the molecule is CC1(NC2Nc3cc(Br)ccc3S(S)(S)N2)CCC1. The number of halogens is 1. The van der Waals surface area contributed by atoms with E-state index in [1.54, 1.807) is 0 Å². The van der Waals surface area contributed by atoms with Gasteiger partial charge in [0, 0.05) is 14.9 Å². The Labute approximate surface area is 133 Å². The zero-order valence-electron chi connectivity index (χ0n) is 10.6. The Balaban J connectivity index is 1.85. The van der Waals surface area contributed by atoms with E-state index in [-0.39, 0.29) is 11.8 Å². The maximum Gasteiger partial charge on any atom is 0.142 e. The Bertz CT molecular complexity index is 505. The molecule has 1 fully saturated rings. The minimum Gasteiger partial charge on any atom is -0.356 e. The van der Waals surface area contributed by atoms with Crippen LogP contribution in [0.4, 0.5) is 5.69 Å². The quantitative estimate of drug-likeness (QED) is 0.397. The van der Waals surface area contributed by atoms with Crippen molar-refractivity contribution in [2.24, 2.45) is 0 Å². The number of hydrogen-bond donors (Lipinski definition) is 5. The van der Waals surface area contributed by atoms with Gasteiger partial charge in [-0.2, -0.15) is 0 Å². The third-order valence-corrected chi connectivity index (χ3v) is 7.62. The second-order valence-corrected chi connectivity index (χ2v) is 12.3. The first-order valence-electron chi connectivity index (χ1n) is 6.27. The van der Waals surface area contributed by atoms with Gasteiger partial charge in [-0.1, -0.05) is 24.2 Å². The van der Waals surface area contributed by atoms with Crippen LogP contribution in [0, 0.1) is 0 Å². The van der Waals surface area contributed by atoms with Gasteiger partial charge in [-0.15, -0.1) is 23.3 Å². The highest BCUT2D eigenvalue weighted by Gasteiger charge is 2.37. The molecule has 7 heteroatoms. The van der Waals surface area contributed by atoms with Gasteiger partial charge < -0.3 is 5.32 Å². The van der Waals surface area contributed by atoms with Crippen molar-refractivity contribution in [1.29, 1.82) is 0 Å². The van der Waals surface area contributed by atoms with E-state index < -0.39 is 8.28 Å².